The highest BCUT2D eigenvalue weighted by atomic mass is 35.5. The maximum absolute atomic E-state index is 13.0. The lowest BCUT2D eigenvalue weighted by molar-refractivity contribution is -0.136. The summed E-state index contributed by atoms with van der Waals surface area (Å²) in [6.45, 7) is 0. The normalized spacial score (nSPS) is 11.2. The fraction of sp³-hybridized carbons (Fsp3) is 0.133. The Balaban J connectivity index is 2.17. The molecule has 23 heavy (non-hydrogen) atoms. The fourth-order valence-electron chi connectivity index (χ4n) is 1.86. The van der Waals surface area contributed by atoms with E-state index in [1.807, 2.05) is 0 Å². The minimum Gasteiger partial charge on any atom is -0.481 e. The van der Waals surface area contributed by atoms with Crippen molar-refractivity contribution >= 4 is 33.3 Å². The van der Waals surface area contributed by atoms with Gasteiger partial charge in [-0.15, -0.1) is 0 Å². The van der Waals surface area contributed by atoms with E-state index in [-0.39, 0.29) is 22.0 Å². The van der Waals surface area contributed by atoms with E-state index in [9.17, 15) is 17.6 Å². The highest BCUT2D eigenvalue weighted by molar-refractivity contribution is 7.92. The Morgan fingerprint density at radius 1 is 1.17 bits per heavy atom. The number of sulfonamides is 1. The molecule has 0 saturated carbocycles. The predicted octanol–water partition coefficient (Wildman–Crippen LogP) is 3.30. The Morgan fingerprint density at radius 2 is 1.83 bits per heavy atom. The third-order valence-electron chi connectivity index (χ3n) is 3.04. The second-order valence-electron chi connectivity index (χ2n) is 4.77. The summed E-state index contributed by atoms with van der Waals surface area (Å²) in [6, 6.07) is 9.17. The molecule has 0 aliphatic carbocycles. The van der Waals surface area contributed by atoms with Gasteiger partial charge in [-0.1, -0.05) is 23.7 Å². The first-order chi connectivity index (χ1) is 10.8. The summed E-state index contributed by atoms with van der Waals surface area (Å²) >= 11 is 5.80. The van der Waals surface area contributed by atoms with Gasteiger partial charge in [-0.2, -0.15) is 0 Å². The Morgan fingerprint density at radius 3 is 2.39 bits per heavy atom. The average molecular weight is 358 g/mol. The molecule has 0 aliphatic heterocycles. The number of nitrogens with one attached hydrogen (secondary N) is 1. The summed E-state index contributed by atoms with van der Waals surface area (Å²) in [7, 11) is -3.87. The first-order valence-electron chi connectivity index (χ1n) is 6.56. The Bertz CT molecular complexity index is 822. The highest BCUT2D eigenvalue weighted by Crippen LogP contribution is 2.25. The molecule has 2 aromatic rings. The summed E-state index contributed by atoms with van der Waals surface area (Å²) in [5.74, 6) is -1.49. The van der Waals surface area contributed by atoms with Crippen LogP contribution in [0.2, 0.25) is 5.02 Å². The first kappa shape index (κ1) is 17.2. The molecule has 0 amide bonds. The van der Waals surface area contributed by atoms with Crippen LogP contribution in [-0.2, 0) is 21.2 Å². The van der Waals surface area contributed by atoms with Crippen LogP contribution in [0.5, 0.6) is 0 Å². The molecule has 0 fully saturated rings. The summed E-state index contributed by atoms with van der Waals surface area (Å²) < 4.78 is 39.8. The van der Waals surface area contributed by atoms with Crippen molar-refractivity contribution < 1.29 is 22.7 Å². The van der Waals surface area contributed by atoms with Gasteiger partial charge in [0.15, 0.2) is 0 Å². The van der Waals surface area contributed by atoms with Crippen molar-refractivity contribution in [2.45, 2.75) is 17.7 Å². The number of carboxylic acids is 1. The lowest BCUT2D eigenvalue weighted by Crippen LogP contribution is -2.13. The van der Waals surface area contributed by atoms with E-state index in [0.29, 0.717) is 12.0 Å². The molecule has 8 heteroatoms. The molecule has 2 aromatic carbocycles. The average Bonchev–Trinajstić information content (AvgIpc) is 2.48. The van der Waals surface area contributed by atoms with Gasteiger partial charge in [0, 0.05) is 6.42 Å². The third-order valence-corrected chi connectivity index (χ3v) is 4.73. The van der Waals surface area contributed by atoms with Gasteiger partial charge in [-0.3, -0.25) is 9.52 Å². The molecule has 122 valence electrons. The maximum atomic E-state index is 13.0. The minimum absolute atomic E-state index is 0.00281. The van der Waals surface area contributed by atoms with Gasteiger partial charge in [0.1, 0.15) is 5.82 Å². The van der Waals surface area contributed by atoms with Crippen LogP contribution in [0.3, 0.4) is 0 Å². The van der Waals surface area contributed by atoms with Crippen LogP contribution in [-0.4, -0.2) is 19.5 Å². The smallest absolute Gasteiger partial charge is 0.303 e. The molecule has 0 saturated heterocycles. The van der Waals surface area contributed by atoms with Crippen LogP contribution < -0.4 is 4.72 Å². The van der Waals surface area contributed by atoms with Gasteiger partial charge in [0.25, 0.3) is 10.0 Å². The number of halogens is 2. The summed E-state index contributed by atoms with van der Waals surface area (Å²) in [4.78, 5) is 10.5. The van der Waals surface area contributed by atoms with Crippen molar-refractivity contribution in [1.29, 1.82) is 0 Å². The van der Waals surface area contributed by atoms with E-state index in [1.54, 1.807) is 12.1 Å². The molecule has 0 unspecified atom stereocenters. The summed E-state index contributed by atoms with van der Waals surface area (Å²) in [5, 5.41) is 8.57. The molecule has 0 aliphatic rings. The quantitative estimate of drug-likeness (QED) is 0.830. The van der Waals surface area contributed by atoms with E-state index in [4.69, 9.17) is 16.7 Å². The summed E-state index contributed by atoms with van der Waals surface area (Å²) in [5.41, 5.74) is 0.786. The SMILES string of the molecule is O=C(O)CCc1ccc(S(=O)(=O)Nc2ccc(F)cc2Cl)cc1. The van der Waals surface area contributed by atoms with Crippen molar-refractivity contribution in [2.24, 2.45) is 0 Å². The van der Waals surface area contributed by atoms with Crippen LogP contribution in [0.15, 0.2) is 47.4 Å². The monoisotopic (exact) mass is 357 g/mol. The van der Waals surface area contributed by atoms with E-state index in [0.717, 1.165) is 12.1 Å². The van der Waals surface area contributed by atoms with Gasteiger partial charge >= 0.3 is 5.97 Å². The topological polar surface area (TPSA) is 83.5 Å². The molecular weight excluding hydrogens is 345 g/mol. The van der Waals surface area contributed by atoms with Crippen molar-refractivity contribution in [3.05, 3.63) is 58.9 Å². The van der Waals surface area contributed by atoms with E-state index < -0.39 is 21.8 Å². The molecule has 0 spiro atoms. The predicted molar refractivity (Wildman–Crippen MR) is 84.6 cm³/mol. The number of rotatable bonds is 6. The number of anilines is 1. The molecule has 5 nitrogen and oxygen atoms in total. The van der Waals surface area contributed by atoms with Gasteiger partial charge < -0.3 is 5.11 Å². The molecule has 0 heterocycles. The van der Waals surface area contributed by atoms with Crippen molar-refractivity contribution in [1.82, 2.24) is 0 Å². The van der Waals surface area contributed by atoms with Crippen molar-refractivity contribution in [3.8, 4) is 0 Å². The van der Waals surface area contributed by atoms with E-state index >= 15 is 0 Å². The molecular formula is C15H13ClFNO4S. The lowest BCUT2D eigenvalue weighted by atomic mass is 10.1. The number of carboxylic acid groups (broad SMARTS) is 1. The molecule has 2 rings (SSSR count). The number of hydrogen-bond donors (Lipinski definition) is 2. The van der Waals surface area contributed by atoms with Crippen LogP contribution >= 0.6 is 11.6 Å². The molecule has 0 atom stereocenters. The third kappa shape index (κ3) is 4.67. The van der Waals surface area contributed by atoms with E-state index in [1.165, 1.54) is 18.2 Å². The Labute approximate surface area is 137 Å². The van der Waals surface area contributed by atoms with Crippen LogP contribution in [0, 0.1) is 5.82 Å². The number of carbonyl (C=O) groups is 1. The van der Waals surface area contributed by atoms with Crippen LogP contribution in [0.1, 0.15) is 12.0 Å². The number of benzene rings is 2. The minimum atomic E-state index is -3.87. The zero-order chi connectivity index (χ0) is 17.0. The second kappa shape index (κ2) is 6.97. The van der Waals surface area contributed by atoms with Crippen LogP contribution in [0.4, 0.5) is 10.1 Å². The van der Waals surface area contributed by atoms with Gasteiger partial charge in [-0.05, 0) is 42.3 Å². The molecule has 0 aromatic heterocycles. The van der Waals surface area contributed by atoms with Gasteiger partial charge in [0.2, 0.25) is 0 Å². The summed E-state index contributed by atoms with van der Waals surface area (Å²) in [6.07, 6.45) is 0.280. The Hall–Kier alpha value is -2.12. The first-order valence-corrected chi connectivity index (χ1v) is 8.42. The van der Waals surface area contributed by atoms with Gasteiger partial charge in [-0.25, -0.2) is 12.8 Å². The molecule has 2 N–H and O–H groups in total. The van der Waals surface area contributed by atoms with Crippen molar-refractivity contribution in [3.63, 3.8) is 0 Å². The Kier molecular flexibility index (Phi) is 5.23. The number of hydrogen-bond acceptors (Lipinski definition) is 3. The van der Waals surface area contributed by atoms with E-state index in [2.05, 4.69) is 4.72 Å². The zero-order valence-electron chi connectivity index (χ0n) is 11.8. The highest BCUT2D eigenvalue weighted by Gasteiger charge is 2.16. The standard InChI is InChI=1S/C15H13ClFNO4S/c16-13-9-11(17)4-7-14(13)18-23(21,22)12-5-1-10(2-6-12)3-8-15(19)20/h1-2,4-7,9,18H,3,8H2,(H,19,20). The number of aryl methyl sites for hydroxylation is 1. The molecule has 0 radical (unpaired) electrons. The van der Waals surface area contributed by atoms with Crippen molar-refractivity contribution in [2.75, 3.05) is 4.72 Å². The zero-order valence-corrected chi connectivity index (χ0v) is 13.4. The number of aliphatic carboxylic acids is 1. The van der Waals surface area contributed by atoms with Gasteiger partial charge in [0.05, 0.1) is 15.6 Å². The van der Waals surface area contributed by atoms with Crippen LogP contribution in [0.25, 0.3) is 0 Å². The fourth-order valence-corrected chi connectivity index (χ4v) is 3.21. The lowest BCUT2D eigenvalue weighted by Gasteiger charge is -2.10. The maximum Gasteiger partial charge on any atom is 0.303 e. The largest absolute Gasteiger partial charge is 0.481 e. The molecule has 0 bridgehead atoms. The second-order valence-corrected chi connectivity index (χ2v) is 6.86.